The summed E-state index contributed by atoms with van der Waals surface area (Å²) in [5, 5.41) is 5.24. The number of hydrogen-bond acceptors (Lipinski definition) is 5. The van der Waals surface area contributed by atoms with Crippen LogP contribution in [0.25, 0.3) is 11.3 Å². The molecule has 0 radical (unpaired) electrons. The zero-order valence-corrected chi connectivity index (χ0v) is 12.6. The van der Waals surface area contributed by atoms with Crippen molar-refractivity contribution in [2.24, 2.45) is 0 Å². The van der Waals surface area contributed by atoms with Crippen LogP contribution < -0.4 is 10.1 Å². The highest BCUT2D eigenvalue weighted by Gasteiger charge is 2.10. The highest BCUT2D eigenvalue weighted by molar-refractivity contribution is 7.14. The molecule has 0 bridgehead atoms. The number of aromatic nitrogens is 2. The van der Waals surface area contributed by atoms with Gasteiger partial charge in [-0.05, 0) is 24.3 Å². The van der Waals surface area contributed by atoms with Gasteiger partial charge in [0.15, 0.2) is 5.13 Å². The number of methoxy groups -OCH3 is 1. The summed E-state index contributed by atoms with van der Waals surface area (Å²) < 4.78 is 5.21. The summed E-state index contributed by atoms with van der Waals surface area (Å²) >= 11 is 1.38. The minimum atomic E-state index is -0.200. The van der Waals surface area contributed by atoms with E-state index in [4.69, 9.17) is 4.74 Å². The first-order valence-corrected chi connectivity index (χ1v) is 7.45. The van der Waals surface area contributed by atoms with Crippen LogP contribution in [0.2, 0.25) is 0 Å². The highest BCUT2D eigenvalue weighted by Crippen LogP contribution is 2.27. The maximum atomic E-state index is 12.1. The second kappa shape index (κ2) is 6.36. The predicted molar refractivity (Wildman–Crippen MR) is 86.3 cm³/mol. The Kier molecular flexibility index (Phi) is 4.11. The van der Waals surface area contributed by atoms with Gasteiger partial charge in [-0.15, -0.1) is 11.3 Å². The van der Waals surface area contributed by atoms with Gasteiger partial charge < -0.3 is 4.74 Å². The van der Waals surface area contributed by atoms with Crippen LogP contribution in [0.5, 0.6) is 5.75 Å². The Labute approximate surface area is 131 Å². The first-order valence-electron chi connectivity index (χ1n) is 6.57. The highest BCUT2D eigenvalue weighted by atomic mass is 32.1. The van der Waals surface area contributed by atoms with E-state index >= 15 is 0 Å². The molecule has 1 N–H and O–H groups in total. The lowest BCUT2D eigenvalue weighted by molar-refractivity contribution is 0.102. The molecule has 3 rings (SSSR count). The Balaban J connectivity index is 1.78. The molecule has 0 fully saturated rings. The zero-order chi connectivity index (χ0) is 15.4. The lowest BCUT2D eigenvalue weighted by Crippen LogP contribution is -2.11. The number of carbonyl (C=O) groups is 1. The molecule has 1 amide bonds. The SMILES string of the molecule is COc1cccc(-c2csc(NC(=O)c3ccncc3)n2)c1. The third-order valence-corrected chi connectivity index (χ3v) is 3.79. The molecule has 0 saturated heterocycles. The molecule has 3 aromatic rings. The monoisotopic (exact) mass is 311 g/mol. The maximum absolute atomic E-state index is 12.1. The molecule has 2 heterocycles. The summed E-state index contributed by atoms with van der Waals surface area (Å²) in [7, 11) is 1.63. The third-order valence-electron chi connectivity index (χ3n) is 3.03. The topological polar surface area (TPSA) is 64.1 Å². The standard InChI is InChI=1S/C16H13N3O2S/c1-21-13-4-2-3-12(9-13)14-10-22-16(18-14)19-15(20)11-5-7-17-8-6-11/h2-10H,1H3,(H,18,19,20). The Morgan fingerprint density at radius 1 is 1.23 bits per heavy atom. The molecule has 0 saturated carbocycles. The van der Waals surface area contributed by atoms with Gasteiger partial charge in [0, 0.05) is 28.9 Å². The number of pyridine rings is 1. The number of ether oxygens (including phenoxy) is 1. The van der Waals surface area contributed by atoms with Gasteiger partial charge in [0.1, 0.15) is 5.75 Å². The van der Waals surface area contributed by atoms with Gasteiger partial charge in [0.05, 0.1) is 12.8 Å². The van der Waals surface area contributed by atoms with E-state index in [9.17, 15) is 4.79 Å². The van der Waals surface area contributed by atoms with Crippen LogP contribution in [0.3, 0.4) is 0 Å². The molecule has 6 heteroatoms. The average Bonchev–Trinajstić information content (AvgIpc) is 3.04. The van der Waals surface area contributed by atoms with Crippen molar-refractivity contribution < 1.29 is 9.53 Å². The molecule has 2 aromatic heterocycles. The van der Waals surface area contributed by atoms with Crippen LogP contribution in [0.1, 0.15) is 10.4 Å². The van der Waals surface area contributed by atoms with E-state index in [-0.39, 0.29) is 5.91 Å². The van der Waals surface area contributed by atoms with E-state index in [1.54, 1.807) is 31.6 Å². The lowest BCUT2D eigenvalue weighted by atomic mass is 10.2. The van der Waals surface area contributed by atoms with Gasteiger partial charge in [-0.1, -0.05) is 12.1 Å². The molecule has 110 valence electrons. The van der Waals surface area contributed by atoms with Crippen molar-refractivity contribution in [1.29, 1.82) is 0 Å². The Hall–Kier alpha value is -2.73. The van der Waals surface area contributed by atoms with E-state index in [2.05, 4.69) is 15.3 Å². The van der Waals surface area contributed by atoms with Crippen LogP contribution >= 0.6 is 11.3 Å². The van der Waals surface area contributed by atoms with Crippen LogP contribution in [0.15, 0.2) is 54.2 Å². The minimum absolute atomic E-state index is 0.200. The Morgan fingerprint density at radius 2 is 2.05 bits per heavy atom. The Morgan fingerprint density at radius 3 is 2.82 bits per heavy atom. The lowest BCUT2D eigenvalue weighted by Gasteiger charge is -2.02. The van der Waals surface area contributed by atoms with Crippen molar-refractivity contribution in [3.8, 4) is 17.0 Å². The fourth-order valence-corrected chi connectivity index (χ4v) is 2.63. The maximum Gasteiger partial charge on any atom is 0.257 e. The average molecular weight is 311 g/mol. The number of amides is 1. The summed E-state index contributed by atoms with van der Waals surface area (Å²) in [4.78, 5) is 20.4. The van der Waals surface area contributed by atoms with Crippen LogP contribution in [0, 0.1) is 0 Å². The second-order valence-electron chi connectivity index (χ2n) is 4.46. The van der Waals surface area contributed by atoms with Crippen LogP contribution in [-0.2, 0) is 0 Å². The van der Waals surface area contributed by atoms with E-state index in [0.29, 0.717) is 10.7 Å². The van der Waals surface area contributed by atoms with Crippen molar-refractivity contribution in [1.82, 2.24) is 9.97 Å². The first-order chi connectivity index (χ1) is 10.8. The molecular formula is C16H13N3O2S. The molecule has 22 heavy (non-hydrogen) atoms. The molecule has 0 aliphatic carbocycles. The summed E-state index contributed by atoms with van der Waals surface area (Å²) in [5.41, 5.74) is 2.29. The number of nitrogens with one attached hydrogen (secondary N) is 1. The largest absolute Gasteiger partial charge is 0.497 e. The molecular weight excluding hydrogens is 298 g/mol. The van der Waals surface area contributed by atoms with Crippen molar-refractivity contribution in [2.45, 2.75) is 0 Å². The normalized spacial score (nSPS) is 10.2. The van der Waals surface area contributed by atoms with Crippen molar-refractivity contribution in [2.75, 3.05) is 12.4 Å². The van der Waals surface area contributed by atoms with Gasteiger partial charge in [-0.2, -0.15) is 0 Å². The zero-order valence-electron chi connectivity index (χ0n) is 11.8. The van der Waals surface area contributed by atoms with Gasteiger partial charge in [-0.3, -0.25) is 15.1 Å². The quantitative estimate of drug-likeness (QED) is 0.801. The van der Waals surface area contributed by atoms with Crippen LogP contribution in [-0.4, -0.2) is 23.0 Å². The predicted octanol–water partition coefficient (Wildman–Crippen LogP) is 3.47. The number of thiazole rings is 1. The van der Waals surface area contributed by atoms with E-state index in [1.165, 1.54) is 11.3 Å². The number of hydrogen-bond donors (Lipinski definition) is 1. The first kappa shape index (κ1) is 14.2. The van der Waals surface area contributed by atoms with Crippen molar-refractivity contribution in [3.63, 3.8) is 0 Å². The van der Waals surface area contributed by atoms with Crippen molar-refractivity contribution >= 4 is 22.4 Å². The number of rotatable bonds is 4. The number of benzene rings is 1. The van der Waals surface area contributed by atoms with E-state index in [1.807, 2.05) is 29.6 Å². The third kappa shape index (κ3) is 3.12. The molecule has 0 aliphatic heterocycles. The summed E-state index contributed by atoms with van der Waals surface area (Å²) in [6.07, 6.45) is 3.16. The molecule has 1 aromatic carbocycles. The molecule has 0 unspecified atom stereocenters. The number of anilines is 1. The van der Waals surface area contributed by atoms with Crippen LogP contribution in [0.4, 0.5) is 5.13 Å². The summed E-state index contributed by atoms with van der Waals surface area (Å²) in [5.74, 6) is 0.571. The Bertz CT molecular complexity index is 787. The number of carbonyl (C=O) groups excluding carboxylic acids is 1. The number of nitrogens with zero attached hydrogens (tertiary/aromatic N) is 2. The summed E-state index contributed by atoms with van der Waals surface area (Å²) in [6.45, 7) is 0. The minimum Gasteiger partial charge on any atom is -0.497 e. The molecule has 0 spiro atoms. The smallest absolute Gasteiger partial charge is 0.257 e. The second-order valence-corrected chi connectivity index (χ2v) is 5.32. The van der Waals surface area contributed by atoms with E-state index < -0.39 is 0 Å². The van der Waals surface area contributed by atoms with E-state index in [0.717, 1.165) is 17.0 Å². The van der Waals surface area contributed by atoms with Crippen molar-refractivity contribution in [3.05, 3.63) is 59.7 Å². The fraction of sp³-hybridized carbons (Fsp3) is 0.0625. The summed E-state index contributed by atoms with van der Waals surface area (Å²) in [6, 6.07) is 11.0. The van der Waals surface area contributed by atoms with Gasteiger partial charge in [0.25, 0.3) is 5.91 Å². The van der Waals surface area contributed by atoms with Gasteiger partial charge in [-0.25, -0.2) is 4.98 Å². The fourth-order valence-electron chi connectivity index (χ4n) is 1.92. The molecule has 5 nitrogen and oxygen atoms in total. The van der Waals surface area contributed by atoms with Gasteiger partial charge >= 0.3 is 0 Å². The molecule has 0 aliphatic rings. The van der Waals surface area contributed by atoms with Gasteiger partial charge in [0.2, 0.25) is 0 Å². The molecule has 0 atom stereocenters.